The summed E-state index contributed by atoms with van der Waals surface area (Å²) in [5.74, 6) is 1.32. The first-order chi connectivity index (χ1) is 8.80. The van der Waals surface area contributed by atoms with Gasteiger partial charge in [-0.25, -0.2) is 4.79 Å². The number of amides is 1. The summed E-state index contributed by atoms with van der Waals surface area (Å²) in [4.78, 5) is 12.0. The molecule has 0 aliphatic heterocycles. The van der Waals surface area contributed by atoms with Crippen LogP contribution in [0.15, 0.2) is 0 Å². The van der Waals surface area contributed by atoms with Gasteiger partial charge in [0, 0.05) is 12.1 Å². The van der Waals surface area contributed by atoms with Crippen molar-refractivity contribution >= 4 is 6.09 Å². The van der Waals surface area contributed by atoms with Crippen LogP contribution in [0.3, 0.4) is 0 Å². The second-order valence-corrected chi connectivity index (χ2v) is 7.78. The molecular formula is C15H26N2O2. The Morgan fingerprint density at radius 1 is 1.37 bits per heavy atom. The average molecular weight is 266 g/mol. The summed E-state index contributed by atoms with van der Waals surface area (Å²) in [6.45, 7) is 5.71. The first-order valence-electron chi connectivity index (χ1n) is 7.55. The van der Waals surface area contributed by atoms with Crippen LogP contribution in [0.25, 0.3) is 0 Å². The van der Waals surface area contributed by atoms with Crippen LogP contribution in [-0.4, -0.2) is 23.8 Å². The van der Waals surface area contributed by atoms with Crippen LogP contribution in [0.4, 0.5) is 4.79 Å². The fraction of sp³-hybridized carbons (Fsp3) is 0.933. The Morgan fingerprint density at radius 2 is 2.11 bits per heavy atom. The minimum absolute atomic E-state index is 0.265. The lowest BCUT2D eigenvalue weighted by molar-refractivity contribution is -0.0344. The minimum Gasteiger partial charge on any atom is -0.444 e. The number of carbonyl (C=O) groups is 1. The Balaban J connectivity index is 1.68. The first-order valence-corrected chi connectivity index (χ1v) is 7.55. The van der Waals surface area contributed by atoms with Crippen LogP contribution >= 0.6 is 0 Å². The molecule has 3 rings (SSSR count). The van der Waals surface area contributed by atoms with E-state index in [2.05, 4.69) is 5.32 Å². The van der Waals surface area contributed by atoms with Crippen LogP contribution in [-0.2, 0) is 4.74 Å². The lowest BCUT2D eigenvalue weighted by Crippen LogP contribution is -2.59. The van der Waals surface area contributed by atoms with Gasteiger partial charge in [0.15, 0.2) is 0 Å². The molecule has 108 valence electrons. The highest BCUT2D eigenvalue weighted by molar-refractivity contribution is 5.68. The largest absolute Gasteiger partial charge is 0.444 e. The Kier molecular flexibility index (Phi) is 2.86. The molecule has 5 unspecified atom stereocenters. The van der Waals surface area contributed by atoms with E-state index in [4.69, 9.17) is 10.5 Å². The Hall–Kier alpha value is -0.770. The molecule has 0 saturated heterocycles. The fourth-order valence-electron chi connectivity index (χ4n) is 4.72. The van der Waals surface area contributed by atoms with Crippen molar-refractivity contribution in [3.8, 4) is 0 Å². The molecule has 0 radical (unpaired) electrons. The molecule has 1 spiro atoms. The highest BCUT2D eigenvalue weighted by Gasteiger charge is 2.62. The van der Waals surface area contributed by atoms with E-state index in [0.717, 1.165) is 12.8 Å². The van der Waals surface area contributed by atoms with Gasteiger partial charge in [-0.1, -0.05) is 0 Å². The minimum atomic E-state index is -0.426. The standard InChI is InChI=1S/C15H26N2O2/c1-14(2,3)19-13(18)17-12-7-9-6-11(16)10-4-5-15(10,12)8-9/h9-12H,4-8,16H2,1-3H3,(H,17,18). The van der Waals surface area contributed by atoms with E-state index in [1.54, 1.807) is 0 Å². The van der Waals surface area contributed by atoms with Crippen LogP contribution in [0.1, 0.15) is 52.9 Å². The predicted octanol–water partition coefficient (Wildman–Crippen LogP) is 2.42. The van der Waals surface area contributed by atoms with E-state index < -0.39 is 5.60 Å². The monoisotopic (exact) mass is 266 g/mol. The summed E-state index contributed by atoms with van der Waals surface area (Å²) >= 11 is 0. The third-order valence-electron chi connectivity index (χ3n) is 5.40. The highest BCUT2D eigenvalue weighted by atomic mass is 16.6. The molecule has 4 nitrogen and oxygen atoms in total. The predicted molar refractivity (Wildman–Crippen MR) is 73.6 cm³/mol. The van der Waals surface area contributed by atoms with Crippen molar-refractivity contribution in [1.82, 2.24) is 5.32 Å². The van der Waals surface area contributed by atoms with Gasteiger partial charge in [-0.3, -0.25) is 0 Å². The molecule has 3 fully saturated rings. The summed E-state index contributed by atoms with van der Waals surface area (Å²) in [6, 6.07) is 0.623. The Morgan fingerprint density at radius 3 is 2.68 bits per heavy atom. The zero-order valence-corrected chi connectivity index (χ0v) is 12.2. The molecule has 0 aromatic rings. The summed E-state index contributed by atoms with van der Waals surface area (Å²) in [5.41, 5.74) is 6.15. The Bertz CT molecular complexity index is 390. The van der Waals surface area contributed by atoms with Gasteiger partial charge in [-0.05, 0) is 70.1 Å². The van der Waals surface area contributed by atoms with Gasteiger partial charge in [0.05, 0.1) is 0 Å². The lowest BCUT2D eigenvalue weighted by Gasteiger charge is -2.55. The summed E-state index contributed by atoms with van der Waals surface area (Å²) in [6.07, 6.45) is 5.68. The van der Waals surface area contributed by atoms with Crippen LogP contribution in [0, 0.1) is 17.3 Å². The number of fused-ring (bicyclic) bond motifs is 1. The fourth-order valence-corrected chi connectivity index (χ4v) is 4.72. The van der Waals surface area contributed by atoms with Crippen molar-refractivity contribution in [2.45, 2.75) is 70.6 Å². The summed E-state index contributed by atoms with van der Waals surface area (Å²) < 4.78 is 5.40. The van der Waals surface area contributed by atoms with E-state index >= 15 is 0 Å². The molecule has 4 heteroatoms. The van der Waals surface area contributed by atoms with Gasteiger partial charge in [-0.15, -0.1) is 0 Å². The molecule has 19 heavy (non-hydrogen) atoms. The normalized spacial score (nSPS) is 44.2. The number of rotatable bonds is 1. The summed E-state index contributed by atoms with van der Waals surface area (Å²) in [5, 5.41) is 3.13. The number of hydrogen-bond donors (Lipinski definition) is 2. The molecule has 5 atom stereocenters. The average Bonchev–Trinajstić information content (AvgIpc) is 2.49. The van der Waals surface area contributed by atoms with Gasteiger partial charge in [0.25, 0.3) is 0 Å². The van der Waals surface area contributed by atoms with Gasteiger partial charge in [-0.2, -0.15) is 0 Å². The van der Waals surface area contributed by atoms with E-state index in [1.807, 2.05) is 20.8 Å². The number of nitrogens with one attached hydrogen (secondary N) is 1. The maximum Gasteiger partial charge on any atom is 0.407 e. The van der Waals surface area contributed by atoms with Crippen molar-refractivity contribution in [3.05, 3.63) is 0 Å². The molecule has 2 bridgehead atoms. The molecule has 0 heterocycles. The third kappa shape index (κ3) is 2.14. The lowest BCUT2D eigenvalue weighted by atomic mass is 9.52. The van der Waals surface area contributed by atoms with Crippen molar-refractivity contribution in [2.24, 2.45) is 23.0 Å². The second-order valence-electron chi connectivity index (χ2n) is 7.78. The molecular weight excluding hydrogens is 240 g/mol. The van der Waals surface area contributed by atoms with E-state index in [-0.39, 0.29) is 12.1 Å². The number of hydrogen-bond acceptors (Lipinski definition) is 3. The molecule has 3 N–H and O–H groups in total. The van der Waals surface area contributed by atoms with E-state index in [9.17, 15) is 4.79 Å². The topological polar surface area (TPSA) is 64.3 Å². The smallest absolute Gasteiger partial charge is 0.407 e. The van der Waals surface area contributed by atoms with Gasteiger partial charge >= 0.3 is 6.09 Å². The van der Waals surface area contributed by atoms with Crippen molar-refractivity contribution in [2.75, 3.05) is 0 Å². The zero-order valence-electron chi connectivity index (χ0n) is 12.2. The van der Waals surface area contributed by atoms with Gasteiger partial charge < -0.3 is 15.8 Å². The second kappa shape index (κ2) is 4.11. The van der Waals surface area contributed by atoms with E-state index in [1.165, 1.54) is 19.3 Å². The molecule has 1 amide bonds. The maximum absolute atomic E-state index is 12.0. The maximum atomic E-state index is 12.0. The van der Waals surface area contributed by atoms with Gasteiger partial charge in [0.2, 0.25) is 0 Å². The first kappa shape index (κ1) is 13.2. The quantitative estimate of drug-likeness (QED) is 0.766. The number of ether oxygens (including phenoxy) is 1. The van der Waals surface area contributed by atoms with Crippen LogP contribution in [0.5, 0.6) is 0 Å². The Labute approximate surface area is 115 Å². The molecule has 3 saturated carbocycles. The number of carbonyl (C=O) groups excluding carboxylic acids is 1. The van der Waals surface area contributed by atoms with Crippen LogP contribution < -0.4 is 11.1 Å². The highest BCUT2D eigenvalue weighted by Crippen LogP contribution is 2.64. The number of nitrogens with two attached hydrogens (primary N) is 1. The van der Waals surface area contributed by atoms with Crippen molar-refractivity contribution in [1.29, 1.82) is 0 Å². The van der Waals surface area contributed by atoms with E-state index in [0.29, 0.717) is 23.3 Å². The molecule has 0 aromatic heterocycles. The zero-order chi connectivity index (χ0) is 13.8. The molecule has 3 aliphatic carbocycles. The molecule has 0 aromatic carbocycles. The molecule has 3 aliphatic rings. The third-order valence-corrected chi connectivity index (χ3v) is 5.40. The van der Waals surface area contributed by atoms with Crippen LogP contribution in [0.2, 0.25) is 0 Å². The number of alkyl carbamates (subject to hydrolysis) is 1. The van der Waals surface area contributed by atoms with Crippen molar-refractivity contribution < 1.29 is 9.53 Å². The van der Waals surface area contributed by atoms with Crippen molar-refractivity contribution in [3.63, 3.8) is 0 Å². The van der Waals surface area contributed by atoms with Gasteiger partial charge in [0.1, 0.15) is 5.60 Å². The SMILES string of the molecule is CC(C)(C)OC(=O)NC1CC2CC(N)C3CCC13C2. The summed E-state index contributed by atoms with van der Waals surface area (Å²) in [7, 11) is 0.